The van der Waals surface area contributed by atoms with Crippen LogP contribution >= 0.6 is 0 Å². The van der Waals surface area contributed by atoms with Gasteiger partial charge in [-0.3, -0.25) is 9.69 Å². The molecule has 0 saturated carbocycles. The molecule has 7 heteroatoms. The van der Waals surface area contributed by atoms with Crippen LogP contribution in [0.2, 0.25) is 0 Å². The van der Waals surface area contributed by atoms with E-state index >= 15 is 0 Å². The van der Waals surface area contributed by atoms with E-state index < -0.39 is 12.0 Å². The number of amides is 1. The number of rotatable bonds is 4. The van der Waals surface area contributed by atoms with Crippen LogP contribution < -0.4 is 4.74 Å². The van der Waals surface area contributed by atoms with Crippen molar-refractivity contribution < 1.29 is 23.0 Å². The molecular formula is C18H24F2N2O3. The molecule has 0 radical (unpaired) electrons. The average Bonchev–Trinajstić information content (AvgIpc) is 2.61. The van der Waals surface area contributed by atoms with Crippen molar-refractivity contribution in [2.45, 2.75) is 31.4 Å². The number of benzene rings is 1. The molecule has 2 aliphatic rings. The Balaban J connectivity index is 1.56. The summed E-state index contributed by atoms with van der Waals surface area (Å²) in [5.41, 5.74) is 1.10. The molecular weight excluding hydrogens is 330 g/mol. The van der Waals surface area contributed by atoms with Crippen molar-refractivity contribution in [2.24, 2.45) is 0 Å². The van der Waals surface area contributed by atoms with Gasteiger partial charge in [-0.05, 0) is 17.7 Å². The summed E-state index contributed by atoms with van der Waals surface area (Å²) in [7, 11) is 1.63. The number of carbonyl (C=O) groups excluding carboxylic acids is 1. The molecule has 0 aliphatic carbocycles. The first kappa shape index (κ1) is 18.1. The van der Waals surface area contributed by atoms with Crippen LogP contribution in [0.1, 0.15) is 18.4 Å². The third-order valence-corrected chi connectivity index (χ3v) is 4.77. The number of ether oxygens (including phenoxy) is 2. The highest BCUT2D eigenvalue weighted by molar-refractivity contribution is 5.81. The summed E-state index contributed by atoms with van der Waals surface area (Å²) in [6, 6.07) is 7.81. The normalized spacial score (nSPS) is 24.1. The second kappa shape index (κ2) is 7.66. The lowest BCUT2D eigenvalue weighted by Crippen LogP contribution is -2.53. The number of hydrogen-bond donors (Lipinski definition) is 0. The van der Waals surface area contributed by atoms with Crippen LogP contribution in [0.4, 0.5) is 8.78 Å². The first-order valence-corrected chi connectivity index (χ1v) is 8.60. The Labute approximate surface area is 146 Å². The molecule has 138 valence electrons. The van der Waals surface area contributed by atoms with Crippen LogP contribution in [-0.4, -0.2) is 67.6 Å². The van der Waals surface area contributed by atoms with Gasteiger partial charge < -0.3 is 14.4 Å². The van der Waals surface area contributed by atoms with E-state index in [2.05, 4.69) is 4.90 Å². The average molecular weight is 354 g/mol. The van der Waals surface area contributed by atoms with Gasteiger partial charge in [0, 0.05) is 45.6 Å². The smallest absolute Gasteiger partial charge is 0.253 e. The highest BCUT2D eigenvalue weighted by atomic mass is 19.3. The number of morpholine rings is 1. The topological polar surface area (TPSA) is 42.0 Å². The summed E-state index contributed by atoms with van der Waals surface area (Å²) in [4.78, 5) is 16.2. The monoisotopic (exact) mass is 354 g/mol. The summed E-state index contributed by atoms with van der Waals surface area (Å²) in [5.74, 6) is -2.03. The summed E-state index contributed by atoms with van der Waals surface area (Å²) >= 11 is 0. The fourth-order valence-electron chi connectivity index (χ4n) is 3.28. The molecule has 2 aliphatic heterocycles. The summed E-state index contributed by atoms with van der Waals surface area (Å²) in [5, 5.41) is 0. The molecule has 1 unspecified atom stereocenters. The van der Waals surface area contributed by atoms with Crippen LogP contribution in [0.3, 0.4) is 0 Å². The fraction of sp³-hybridized carbons (Fsp3) is 0.611. The van der Waals surface area contributed by atoms with Gasteiger partial charge in [-0.25, -0.2) is 8.78 Å². The van der Waals surface area contributed by atoms with E-state index in [1.807, 2.05) is 24.3 Å². The number of hydrogen-bond acceptors (Lipinski definition) is 4. The van der Waals surface area contributed by atoms with Gasteiger partial charge in [-0.1, -0.05) is 12.1 Å². The number of alkyl halides is 2. The number of likely N-dealkylation sites (tertiary alicyclic amines) is 1. The zero-order chi connectivity index (χ0) is 17.9. The maximum absolute atomic E-state index is 13.3. The summed E-state index contributed by atoms with van der Waals surface area (Å²) < 4.78 is 37.4. The van der Waals surface area contributed by atoms with Gasteiger partial charge in [0.25, 0.3) is 11.8 Å². The fourth-order valence-corrected chi connectivity index (χ4v) is 3.28. The minimum Gasteiger partial charge on any atom is -0.497 e. The molecule has 5 nitrogen and oxygen atoms in total. The van der Waals surface area contributed by atoms with Gasteiger partial charge in [0.15, 0.2) is 0 Å². The number of halogens is 2. The zero-order valence-corrected chi connectivity index (χ0v) is 14.4. The van der Waals surface area contributed by atoms with Crippen molar-refractivity contribution in [3.8, 4) is 5.75 Å². The van der Waals surface area contributed by atoms with E-state index in [0.717, 1.165) is 17.9 Å². The van der Waals surface area contributed by atoms with Crippen molar-refractivity contribution in [2.75, 3.05) is 39.9 Å². The molecule has 2 heterocycles. The lowest BCUT2D eigenvalue weighted by atomic mass is 10.1. The van der Waals surface area contributed by atoms with Crippen LogP contribution in [0, 0.1) is 0 Å². The molecule has 0 bridgehead atoms. The van der Waals surface area contributed by atoms with E-state index in [4.69, 9.17) is 9.47 Å². The van der Waals surface area contributed by atoms with Crippen molar-refractivity contribution in [3.63, 3.8) is 0 Å². The number of piperidine rings is 1. The second-order valence-electron chi connectivity index (χ2n) is 6.63. The predicted molar refractivity (Wildman–Crippen MR) is 88.8 cm³/mol. The van der Waals surface area contributed by atoms with Gasteiger partial charge in [-0.2, -0.15) is 0 Å². The number of nitrogens with zero attached hydrogens (tertiary/aromatic N) is 2. The van der Waals surface area contributed by atoms with Gasteiger partial charge in [0.05, 0.1) is 13.7 Å². The lowest BCUT2D eigenvalue weighted by molar-refractivity contribution is -0.155. The molecule has 0 spiro atoms. The maximum atomic E-state index is 13.3. The SMILES string of the molecule is COc1cccc(CN2CCOC(C(=O)N3CCC(F)(F)CC3)C2)c1. The molecule has 1 amide bonds. The molecule has 1 aromatic rings. The Morgan fingerprint density at radius 3 is 2.80 bits per heavy atom. The Morgan fingerprint density at radius 1 is 1.32 bits per heavy atom. The van der Waals surface area contributed by atoms with Crippen molar-refractivity contribution in [1.82, 2.24) is 9.80 Å². The standard InChI is InChI=1S/C18H24F2N2O3/c1-24-15-4-2-3-14(11-15)12-21-9-10-25-16(13-21)17(23)22-7-5-18(19,20)6-8-22/h2-4,11,16H,5-10,12-13H2,1H3. The highest BCUT2D eigenvalue weighted by Crippen LogP contribution is 2.28. The molecule has 3 rings (SSSR count). The van der Waals surface area contributed by atoms with Gasteiger partial charge >= 0.3 is 0 Å². The number of carbonyl (C=O) groups is 1. The first-order chi connectivity index (χ1) is 12.0. The molecule has 0 N–H and O–H groups in total. The Morgan fingerprint density at radius 2 is 2.08 bits per heavy atom. The van der Waals surface area contributed by atoms with Crippen molar-refractivity contribution in [1.29, 1.82) is 0 Å². The minimum absolute atomic E-state index is 0.0988. The van der Waals surface area contributed by atoms with E-state index in [0.29, 0.717) is 19.7 Å². The van der Waals surface area contributed by atoms with E-state index in [1.165, 1.54) is 4.90 Å². The molecule has 1 atom stereocenters. The van der Waals surface area contributed by atoms with E-state index in [1.54, 1.807) is 7.11 Å². The summed E-state index contributed by atoms with van der Waals surface area (Å²) in [6.45, 7) is 2.57. The Kier molecular flexibility index (Phi) is 5.54. The van der Waals surface area contributed by atoms with Gasteiger partial charge in [-0.15, -0.1) is 0 Å². The minimum atomic E-state index is -2.65. The van der Waals surface area contributed by atoms with Gasteiger partial charge in [0.1, 0.15) is 11.9 Å². The van der Waals surface area contributed by atoms with E-state index in [9.17, 15) is 13.6 Å². The largest absolute Gasteiger partial charge is 0.497 e. The zero-order valence-electron chi connectivity index (χ0n) is 14.4. The Bertz CT molecular complexity index is 602. The molecule has 2 saturated heterocycles. The predicted octanol–water partition coefficient (Wildman–Crippen LogP) is 2.15. The third-order valence-electron chi connectivity index (χ3n) is 4.77. The molecule has 1 aromatic carbocycles. The van der Waals surface area contributed by atoms with Crippen LogP contribution in [-0.2, 0) is 16.1 Å². The highest BCUT2D eigenvalue weighted by Gasteiger charge is 2.38. The third kappa shape index (κ3) is 4.67. The Hall–Kier alpha value is -1.73. The second-order valence-corrected chi connectivity index (χ2v) is 6.63. The first-order valence-electron chi connectivity index (χ1n) is 8.60. The van der Waals surface area contributed by atoms with Crippen LogP contribution in [0.25, 0.3) is 0 Å². The van der Waals surface area contributed by atoms with Crippen molar-refractivity contribution in [3.05, 3.63) is 29.8 Å². The number of methoxy groups -OCH3 is 1. The molecule has 0 aromatic heterocycles. The molecule has 2 fully saturated rings. The van der Waals surface area contributed by atoms with Crippen LogP contribution in [0.15, 0.2) is 24.3 Å². The van der Waals surface area contributed by atoms with Gasteiger partial charge in [0.2, 0.25) is 0 Å². The molecule has 25 heavy (non-hydrogen) atoms. The van der Waals surface area contributed by atoms with Crippen LogP contribution in [0.5, 0.6) is 5.75 Å². The maximum Gasteiger partial charge on any atom is 0.253 e. The van der Waals surface area contributed by atoms with Crippen molar-refractivity contribution >= 4 is 5.91 Å². The summed E-state index contributed by atoms with van der Waals surface area (Å²) in [6.07, 6.45) is -1.11. The van der Waals surface area contributed by atoms with E-state index in [-0.39, 0.29) is 31.8 Å². The lowest BCUT2D eigenvalue weighted by Gasteiger charge is -2.37. The quantitative estimate of drug-likeness (QED) is 0.831.